The Morgan fingerprint density at radius 1 is 1.21 bits per heavy atom. The number of carboxylic acid groups (broad SMARTS) is 1. The van der Waals surface area contributed by atoms with E-state index in [1.54, 1.807) is 24.3 Å². The molecule has 0 atom stereocenters. The molecule has 4 nitrogen and oxygen atoms in total. The average molecular weight is 257 g/mol. The first-order valence-corrected chi connectivity index (χ1v) is 6.38. The van der Waals surface area contributed by atoms with Gasteiger partial charge in [0.1, 0.15) is 11.5 Å². The summed E-state index contributed by atoms with van der Waals surface area (Å²) in [5.74, 6) is 0.758. The molecule has 0 bridgehead atoms. The highest BCUT2D eigenvalue weighted by molar-refractivity contribution is 5.88. The van der Waals surface area contributed by atoms with Gasteiger partial charge in [-0.2, -0.15) is 0 Å². The van der Waals surface area contributed by atoms with Crippen LogP contribution in [0.5, 0.6) is 0 Å². The van der Waals surface area contributed by atoms with E-state index in [0.29, 0.717) is 6.04 Å². The number of benzene rings is 1. The number of nitrogens with one attached hydrogen (secondary N) is 1. The highest BCUT2D eigenvalue weighted by atomic mass is 16.4. The monoisotopic (exact) mass is 257 g/mol. The van der Waals surface area contributed by atoms with Gasteiger partial charge in [0.05, 0.1) is 12.1 Å². The molecule has 0 amide bonds. The number of hydrogen-bond acceptors (Lipinski definition) is 3. The van der Waals surface area contributed by atoms with Crippen LogP contribution in [0.4, 0.5) is 0 Å². The summed E-state index contributed by atoms with van der Waals surface area (Å²) in [7, 11) is 0. The minimum Gasteiger partial charge on any atom is -0.478 e. The van der Waals surface area contributed by atoms with Gasteiger partial charge in [0.2, 0.25) is 0 Å². The number of carbonyl (C=O) groups is 1. The number of aromatic carboxylic acids is 1. The quantitative estimate of drug-likeness (QED) is 0.864. The molecule has 0 radical (unpaired) electrons. The zero-order chi connectivity index (χ0) is 13.2. The van der Waals surface area contributed by atoms with Crippen LogP contribution in [-0.2, 0) is 6.54 Å². The van der Waals surface area contributed by atoms with Gasteiger partial charge in [0.15, 0.2) is 0 Å². The van der Waals surface area contributed by atoms with Crippen LogP contribution in [0, 0.1) is 0 Å². The Balaban J connectivity index is 1.71. The Hall–Kier alpha value is -2.07. The summed E-state index contributed by atoms with van der Waals surface area (Å²) in [4.78, 5) is 10.8. The first-order valence-electron chi connectivity index (χ1n) is 6.38. The maximum atomic E-state index is 10.8. The summed E-state index contributed by atoms with van der Waals surface area (Å²) in [5, 5.41) is 12.2. The van der Waals surface area contributed by atoms with Gasteiger partial charge in [-0.1, -0.05) is 12.1 Å². The lowest BCUT2D eigenvalue weighted by Crippen LogP contribution is -2.14. The molecule has 1 fully saturated rings. The van der Waals surface area contributed by atoms with Crippen molar-refractivity contribution in [2.75, 3.05) is 0 Å². The zero-order valence-electron chi connectivity index (χ0n) is 10.4. The molecule has 1 saturated carbocycles. The van der Waals surface area contributed by atoms with Crippen molar-refractivity contribution in [2.24, 2.45) is 0 Å². The molecule has 4 heteroatoms. The van der Waals surface area contributed by atoms with Crippen LogP contribution in [-0.4, -0.2) is 17.1 Å². The van der Waals surface area contributed by atoms with E-state index in [0.717, 1.165) is 23.6 Å². The fourth-order valence-electron chi connectivity index (χ4n) is 1.94. The zero-order valence-corrected chi connectivity index (χ0v) is 10.4. The van der Waals surface area contributed by atoms with E-state index in [2.05, 4.69) is 5.32 Å². The Bertz CT molecular complexity index is 582. The van der Waals surface area contributed by atoms with Crippen molar-refractivity contribution in [1.82, 2.24) is 5.32 Å². The van der Waals surface area contributed by atoms with Gasteiger partial charge in [-0.25, -0.2) is 4.79 Å². The third kappa shape index (κ3) is 2.85. The minimum atomic E-state index is -0.916. The van der Waals surface area contributed by atoms with E-state index in [1.165, 1.54) is 12.8 Å². The number of carboxylic acids is 1. The molecule has 0 spiro atoms. The molecule has 19 heavy (non-hydrogen) atoms. The van der Waals surface area contributed by atoms with Crippen molar-refractivity contribution < 1.29 is 14.3 Å². The molecule has 0 aliphatic heterocycles. The maximum absolute atomic E-state index is 10.8. The molecule has 1 aliphatic rings. The summed E-state index contributed by atoms with van der Waals surface area (Å²) < 4.78 is 5.74. The van der Waals surface area contributed by atoms with Crippen molar-refractivity contribution in [3.8, 4) is 11.3 Å². The van der Waals surface area contributed by atoms with Gasteiger partial charge >= 0.3 is 5.97 Å². The predicted molar refractivity (Wildman–Crippen MR) is 71.0 cm³/mol. The van der Waals surface area contributed by atoms with Gasteiger partial charge in [0, 0.05) is 11.6 Å². The largest absolute Gasteiger partial charge is 0.478 e. The van der Waals surface area contributed by atoms with Crippen molar-refractivity contribution in [2.45, 2.75) is 25.4 Å². The van der Waals surface area contributed by atoms with E-state index in [1.807, 2.05) is 12.1 Å². The Kier molecular flexibility index (Phi) is 3.09. The Morgan fingerprint density at radius 3 is 2.58 bits per heavy atom. The van der Waals surface area contributed by atoms with Crippen LogP contribution in [0.1, 0.15) is 29.0 Å². The second-order valence-electron chi connectivity index (χ2n) is 4.80. The van der Waals surface area contributed by atoms with Crippen molar-refractivity contribution >= 4 is 5.97 Å². The number of hydrogen-bond donors (Lipinski definition) is 2. The molecule has 1 heterocycles. The molecule has 0 unspecified atom stereocenters. The topological polar surface area (TPSA) is 62.5 Å². The summed E-state index contributed by atoms with van der Waals surface area (Å²) in [6.45, 7) is 0.748. The molecule has 1 aromatic heterocycles. The van der Waals surface area contributed by atoms with E-state index in [-0.39, 0.29) is 5.56 Å². The third-order valence-corrected chi connectivity index (χ3v) is 3.22. The van der Waals surface area contributed by atoms with E-state index in [4.69, 9.17) is 9.52 Å². The predicted octanol–water partition coefficient (Wildman–Crippen LogP) is 2.90. The fraction of sp³-hybridized carbons (Fsp3) is 0.267. The van der Waals surface area contributed by atoms with Gasteiger partial charge < -0.3 is 14.8 Å². The minimum absolute atomic E-state index is 0.283. The fourth-order valence-corrected chi connectivity index (χ4v) is 1.94. The lowest BCUT2D eigenvalue weighted by Gasteiger charge is -2.00. The second kappa shape index (κ2) is 4.90. The maximum Gasteiger partial charge on any atom is 0.335 e. The van der Waals surface area contributed by atoms with Crippen molar-refractivity contribution in [3.63, 3.8) is 0 Å². The van der Waals surface area contributed by atoms with Gasteiger partial charge in [-0.3, -0.25) is 0 Å². The van der Waals surface area contributed by atoms with Crippen LogP contribution in [0.15, 0.2) is 40.8 Å². The average Bonchev–Trinajstić information content (AvgIpc) is 3.13. The SMILES string of the molecule is O=C(O)c1ccc(-c2ccc(CNC3CC3)o2)cc1. The van der Waals surface area contributed by atoms with Crippen molar-refractivity contribution in [3.05, 3.63) is 47.7 Å². The second-order valence-corrected chi connectivity index (χ2v) is 4.80. The highest BCUT2D eigenvalue weighted by Gasteiger charge is 2.20. The number of furan rings is 1. The standard InChI is InChI=1S/C15H15NO3/c17-15(18)11-3-1-10(2-4-11)14-8-7-13(19-14)9-16-12-5-6-12/h1-4,7-8,12,16H,5-6,9H2,(H,17,18). The Labute approximate surface area is 111 Å². The molecular weight excluding hydrogens is 242 g/mol. The molecule has 1 aromatic carbocycles. The Morgan fingerprint density at radius 2 is 1.95 bits per heavy atom. The van der Waals surface area contributed by atoms with Crippen molar-refractivity contribution in [1.29, 1.82) is 0 Å². The van der Waals surface area contributed by atoms with Crippen LogP contribution < -0.4 is 5.32 Å². The van der Waals surface area contributed by atoms with Crippen LogP contribution >= 0.6 is 0 Å². The van der Waals surface area contributed by atoms with Crippen LogP contribution in [0.25, 0.3) is 11.3 Å². The molecular formula is C15H15NO3. The third-order valence-electron chi connectivity index (χ3n) is 3.22. The van der Waals surface area contributed by atoms with Crippen LogP contribution in [0.2, 0.25) is 0 Å². The number of rotatable bonds is 5. The smallest absolute Gasteiger partial charge is 0.335 e. The highest BCUT2D eigenvalue weighted by Crippen LogP contribution is 2.24. The molecule has 2 N–H and O–H groups in total. The molecule has 2 aromatic rings. The molecule has 0 saturated heterocycles. The molecule has 3 rings (SSSR count). The first-order chi connectivity index (χ1) is 9.22. The lowest BCUT2D eigenvalue weighted by molar-refractivity contribution is 0.0697. The van der Waals surface area contributed by atoms with E-state index in [9.17, 15) is 4.79 Å². The molecule has 98 valence electrons. The summed E-state index contributed by atoms with van der Waals surface area (Å²) >= 11 is 0. The lowest BCUT2D eigenvalue weighted by atomic mass is 10.1. The first kappa shape index (κ1) is 12.0. The molecule has 1 aliphatic carbocycles. The van der Waals surface area contributed by atoms with Gasteiger partial charge in [-0.15, -0.1) is 0 Å². The summed E-state index contributed by atoms with van der Waals surface area (Å²) in [6.07, 6.45) is 2.51. The summed E-state index contributed by atoms with van der Waals surface area (Å²) in [5.41, 5.74) is 1.17. The van der Waals surface area contributed by atoms with Crippen LogP contribution in [0.3, 0.4) is 0 Å². The van der Waals surface area contributed by atoms with E-state index >= 15 is 0 Å². The normalized spacial score (nSPS) is 14.5. The van der Waals surface area contributed by atoms with Gasteiger partial charge in [0.25, 0.3) is 0 Å². The summed E-state index contributed by atoms with van der Waals surface area (Å²) in [6, 6.07) is 11.2. The van der Waals surface area contributed by atoms with Gasteiger partial charge in [-0.05, 0) is 37.1 Å². The van der Waals surface area contributed by atoms with E-state index < -0.39 is 5.97 Å².